The monoisotopic (exact) mass is 198 g/mol. The number of rotatable bonds is 3. The van der Waals surface area contributed by atoms with E-state index in [9.17, 15) is 14.3 Å². The molecule has 1 unspecified atom stereocenters. The standard InChI is InChI=1S/C9H11FN2O2/c1-2-9(14,8(11)13)7-4-3-6(10)5-12-7/h3-5,14H,2H2,1H3,(H2,11,13). The van der Waals surface area contributed by atoms with Crippen LogP contribution in [-0.2, 0) is 10.4 Å². The van der Waals surface area contributed by atoms with Crippen molar-refractivity contribution in [3.63, 3.8) is 0 Å². The molecule has 0 aliphatic rings. The molecule has 1 aromatic heterocycles. The number of pyridine rings is 1. The second-order valence-electron chi connectivity index (χ2n) is 2.94. The Kier molecular flexibility index (Phi) is 2.81. The van der Waals surface area contributed by atoms with Gasteiger partial charge in [0.15, 0.2) is 5.60 Å². The van der Waals surface area contributed by atoms with Crippen molar-refractivity contribution in [3.05, 3.63) is 29.8 Å². The summed E-state index contributed by atoms with van der Waals surface area (Å²) in [5, 5.41) is 9.80. The molecule has 1 atom stereocenters. The van der Waals surface area contributed by atoms with Crippen molar-refractivity contribution in [1.82, 2.24) is 4.98 Å². The number of aromatic nitrogens is 1. The Morgan fingerprint density at radius 2 is 2.36 bits per heavy atom. The second-order valence-corrected chi connectivity index (χ2v) is 2.94. The maximum Gasteiger partial charge on any atom is 0.255 e. The van der Waals surface area contributed by atoms with Crippen molar-refractivity contribution in [1.29, 1.82) is 0 Å². The van der Waals surface area contributed by atoms with E-state index >= 15 is 0 Å². The summed E-state index contributed by atoms with van der Waals surface area (Å²) in [4.78, 5) is 14.6. The zero-order valence-corrected chi connectivity index (χ0v) is 7.70. The fraction of sp³-hybridized carbons (Fsp3) is 0.333. The van der Waals surface area contributed by atoms with Gasteiger partial charge >= 0.3 is 0 Å². The van der Waals surface area contributed by atoms with Crippen molar-refractivity contribution >= 4 is 5.91 Å². The lowest BCUT2D eigenvalue weighted by Gasteiger charge is -2.21. The van der Waals surface area contributed by atoms with E-state index in [2.05, 4.69) is 4.98 Å². The summed E-state index contributed by atoms with van der Waals surface area (Å²) >= 11 is 0. The molecule has 0 bridgehead atoms. The summed E-state index contributed by atoms with van der Waals surface area (Å²) < 4.78 is 12.5. The molecule has 0 saturated carbocycles. The molecule has 1 aromatic rings. The van der Waals surface area contributed by atoms with Crippen LogP contribution >= 0.6 is 0 Å². The predicted molar refractivity (Wildman–Crippen MR) is 47.6 cm³/mol. The smallest absolute Gasteiger partial charge is 0.255 e. The Bertz CT molecular complexity index is 339. The zero-order chi connectivity index (χ0) is 10.8. The first-order chi connectivity index (χ1) is 6.50. The maximum atomic E-state index is 12.5. The van der Waals surface area contributed by atoms with Gasteiger partial charge < -0.3 is 10.8 Å². The lowest BCUT2D eigenvalue weighted by atomic mass is 9.95. The summed E-state index contributed by atoms with van der Waals surface area (Å²) in [6, 6.07) is 2.36. The zero-order valence-electron chi connectivity index (χ0n) is 7.70. The number of carbonyl (C=O) groups excluding carboxylic acids is 1. The topological polar surface area (TPSA) is 76.2 Å². The third-order valence-electron chi connectivity index (χ3n) is 2.07. The molecule has 76 valence electrons. The van der Waals surface area contributed by atoms with Crippen LogP contribution in [0.1, 0.15) is 19.0 Å². The molecule has 14 heavy (non-hydrogen) atoms. The van der Waals surface area contributed by atoms with Gasteiger partial charge in [-0.05, 0) is 18.6 Å². The van der Waals surface area contributed by atoms with E-state index < -0.39 is 17.3 Å². The Balaban J connectivity index is 3.13. The lowest BCUT2D eigenvalue weighted by molar-refractivity contribution is -0.138. The summed E-state index contributed by atoms with van der Waals surface area (Å²) in [6.45, 7) is 1.59. The quantitative estimate of drug-likeness (QED) is 0.733. The van der Waals surface area contributed by atoms with E-state index in [1.165, 1.54) is 6.07 Å². The van der Waals surface area contributed by atoms with Crippen LogP contribution < -0.4 is 5.73 Å². The van der Waals surface area contributed by atoms with Crippen molar-refractivity contribution in [2.45, 2.75) is 18.9 Å². The fourth-order valence-electron chi connectivity index (χ4n) is 1.10. The van der Waals surface area contributed by atoms with Gasteiger partial charge in [-0.2, -0.15) is 0 Å². The molecule has 1 amide bonds. The van der Waals surface area contributed by atoms with Gasteiger partial charge in [0.05, 0.1) is 11.9 Å². The van der Waals surface area contributed by atoms with Crippen molar-refractivity contribution < 1.29 is 14.3 Å². The molecule has 0 aromatic carbocycles. The van der Waals surface area contributed by atoms with Gasteiger partial charge in [-0.25, -0.2) is 4.39 Å². The Morgan fingerprint density at radius 1 is 1.71 bits per heavy atom. The van der Waals surface area contributed by atoms with Crippen molar-refractivity contribution in [2.75, 3.05) is 0 Å². The second kappa shape index (κ2) is 3.71. The number of nitrogens with zero attached hydrogens (tertiary/aromatic N) is 1. The van der Waals surface area contributed by atoms with Gasteiger partial charge in [0.1, 0.15) is 5.82 Å². The molecular formula is C9H11FN2O2. The van der Waals surface area contributed by atoms with Gasteiger partial charge in [0.25, 0.3) is 5.91 Å². The normalized spacial score (nSPS) is 14.8. The van der Waals surface area contributed by atoms with Gasteiger partial charge in [-0.1, -0.05) is 6.92 Å². The van der Waals surface area contributed by atoms with E-state index in [-0.39, 0.29) is 12.1 Å². The number of aliphatic hydroxyl groups is 1. The molecule has 0 spiro atoms. The lowest BCUT2D eigenvalue weighted by Crippen LogP contribution is -2.41. The van der Waals surface area contributed by atoms with Crippen LogP contribution in [0.3, 0.4) is 0 Å². The minimum absolute atomic E-state index is 0.0638. The molecule has 1 heterocycles. The highest BCUT2D eigenvalue weighted by Gasteiger charge is 2.35. The highest BCUT2D eigenvalue weighted by molar-refractivity contribution is 5.84. The number of hydrogen-bond donors (Lipinski definition) is 2. The predicted octanol–water partition coefficient (Wildman–Crippen LogP) is 0.304. The summed E-state index contributed by atoms with van der Waals surface area (Å²) in [5.41, 5.74) is 3.28. The van der Waals surface area contributed by atoms with Crippen molar-refractivity contribution in [3.8, 4) is 0 Å². The van der Waals surface area contributed by atoms with Crippen LogP contribution in [0.2, 0.25) is 0 Å². The Hall–Kier alpha value is -1.49. The molecule has 3 N–H and O–H groups in total. The minimum Gasteiger partial charge on any atom is -0.374 e. The van der Waals surface area contributed by atoms with Crippen LogP contribution in [0.5, 0.6) is 0 Å². The van der Waals surface area contributed by atoms with E-state index in [0.717, 1.165) is 12.3 Å². The average Bonchev–Trinajstić information content (AvgIpc) is 2.17. The van der Waals surface area contributed by atoms with Gasteiger partial charge in [0.2, 0.25) is 0 Å². The number of nitrogens with two attached hydrogens (primary N) is 1. The molecule has 0 fully saturated rings. The largest absolute Gasteiger partial charge is 0.374 e. The SMILES string of the molecule is CCC(O)(C(N)=O)c1ccc(F)cn1. The van der Waals surface area contributed by atoms with Crippen molar-refractivity contribution in [2.24, 2.45) is 5.73 Å². The summed E-state index contributed by atoms with van der Waals surface area (Å²) in [5.74, 6) is -1.42. The molecule has 5 heteroatoms. The first kappa shape index (κ1) is 10.6. The average molecular weight is 198 g/mol. The van der Waals surface area contributed by atoms with Gasteiger partial charge in [-0.15, -0.1) is 0 Å². The van der Waals surface area contributed by atoms with Gasteiger partial charge in [0, 0.05) is 0 Å². The molecule has 1 rings (SSSR count). The molecule has 0 saturated heterocycles. The molecule has 0 aliphatic heterocycles. The molecule has 0 aliphatic carbocycles. The fourth-order valence-corrected chi connectivity index (χ4v) is 1.10. The van der Waals surface area contributed by atoms with Crippen LogP contribution in [0.25, 0.3) is 0 Å². The number of amides is 1. The maximum absolute atomic E-state index is 12.5. The molecule has 4 nitrogen and oxygen atoms in total. The first-order valence-electron chi connectivity index (χ1n) is 4.15. The summed E-state index contributed by atoms with van der Waals surface area (Å²) in [7, 11) is 0. The van der Waals surface area contributed by atoms with Gasteiger partial charge in [-0.3, -0.25) is 9.78 Å². The van der Waals surface area contributed by atoms with Crippen LogP contribution in [0.15, 0.2) is 18.3 Å². The first-order valence-corrected chi connectivity index (χ1v) is 4.15. The number of primary amides is 1. The highest BCUT2D eigenvalue weighted by atomic mass is 19.1. The number of halogens is 1. The Labute approximate surface area is 80.6 Å². The minimum atomic E-state index is -1.81. The van der Waals surface area contributed by atoms with E-state index in [1.807, 2.05) is 0 Å². The Morgan fingerprint density at radius 3 is 2.71 bits per heavy atom. The summed E-state index contributed by atoms with van der Waals surface area (Å²) in [6.07, 6.45) is 1.03. The third-order valence-corrected chi connectivity index (χ3v) is 2.07. The van der Waals surface area contributed by atoms with E-state index in [4.69, 9.17) is 5.73 Å². The third kappa shape index (κ3) is 1.72. The highest BCUT2D eigenvalue weighted by Crippen LogP contribution is 2.22. The van der Waals surface area contributed by atoms with Crippen LogP contribution in [-0.4, -0.2) is 16.0 Å². The number of carbonyl (C=O) groups is 1. The van der Waals surface area contributed by atoms with E-state index in [1.54, 1.807) is 6.92 Å². The number of hydrogen-bond acceptors (Lipinski definition) is 3. The molecule has 0 radical (unpaired) electrons. The van der Waals surface area contributed by atoms with Crippen LogP contribution in [0.4, 0.5) is 4.39 Å². The van der Waals surface area contributed by atoms with Crippen LogP contribution in [0, 0.1) is 5.82 Å². The van der Waals surface area contributed by atoms with E-state index in [0.29, 0.717) is 0 Å². The molecular weight excluding hydrogens is 187 g/mol.